The van der Waals surface area contributed by atoms with Crippen LogP contribution in [0.25, 0.3) is 0 Å². The van der Waals surface area contributed by atoms with Crippen molar-refractivity contribution in [3.8, 4) is 5.75 Å². The van der Waals surface area contributed by atoms with Crippen molar-refractivity contribution >= 4 is 29.3 Å². The van der Waals surface area contributed by atoms with E-state index in [1.54, 1.807) is 22.7 Å². The molecule has 7 nitrogen and oxygen atoms in total. The number of nitrogens with one attached hydrogen (secondary N) is 1. The zero-order valence-corrected chi connectivity index (χ0v) is 15.8. The molecule has 2 N–H and O–H groups in total. The number of anilines is 1. The summed E-state index contributed by atoms with van der Waals surface area (Å²) in [6.07, 6.45) is 0. The van der Waals surface area contributed by atoms with E-state index in [9.17, 15) is 14.7 Å². The van der Waals surface area contributed by atoms with E-state index in [2.05, 4.69) is 4.90 Å². The number of carbonyl (C=O) groups is 2. The summed E-state index contributed by atoms with van der Waals surface area (Å²) in [5, 5.41) is 9.71. The van der Waals surface area contributed by atoms with Crippen LogP contribution < -0.4 is 9.80 Å². The minimum absolute atomic E-state index is 0.102. The van der Waals surface area contributed by atoms with E-state index in [1.165, 1.54) is 12.0 Å². The van der Waals surface area contributed by atoms with Crippen molar-refractivity contribution in [2.45, 2.75) is 5.25 Å². The summed E-state index contributed by atoms with van der Waals surface area (Å²) in [6.45, 7) is 4.89. The third-order valence-electron chi connectivity index (χ3n) is 4.98. The second-order valence-electron chi connectivity index (χ2n) is 6.62. The van der Waals surface area contributed by atoms with Gasteiger partial charge in [-0.1, -0.05) is 12.1 Å². The molecule has 26 heavy (non-hydrogen) atoms. The SMILES string of the molecule is COC(=O)[C@@H]1CN(C(=O)C[NH+]2CCN(c3ccccc3O)CC2)CCS1. The number of rotatable bonds is 4. The Kier molecular flexibility index (Phi) is 6.26. The Morgan fingerprint density at radius 3 is 2.69 bits per heavy atom. The molecule has 2 saturated heterocycles. The molecular weight excluding hydrogens is 354 g/mol. The van der Waals surface area contributed by atoms with Gasteiger partial charge in [-0.3, -0.25) is 9.59 Å². The van der Waals surface area contributed by atoms with Crippen molar-refractivity contribution in [3.63, 3.8) is 0 Å². The molecule has 142 valence electrons. The molecule has 0 radical (unpaired) electrons. The Balaban J connectivity index is 1.49. The van der Waals surface area contributed by atoms with Crippen LogP contribution in [0, 0.1) is 0 Å². The number of phenolic OH excluding ortho intramolecular Hbond substituents is 1. The lowest BCUT2D eigenvalue weighted by atomic mass is 10.2. The van der Waals surface area contributed by atoms with E-state index in [1.807, 2.05) is 18.2 Å². The topological polar surface area (TPSA) is 74.5 Å². The van der Waals surface area contributed by atoms with E-state index in [4.69, 9.17) is 4.74 Å². The number of para-hydroxylation sites is 2. The van der Waals surface area contributed by atoms with Crippen molar-refractivity contribution in [3.05, 3.63) is 24.3 Å². The average molecular weight is 380 g/mol. The number of carbonyl (C=O) groups excluding carboxylic acids is 2. The Labute approximate surface area is 157 Å². The van der Waals surface area contributed by atoms with E-state index in [0.717, 1.165) is 37.6 Å². The first-order valence-corrected chi connectivity index (χ1v) is 9.97. The number of hydrogen-bond acceptors (Lipinski definition) is 6. The molecule has 8 heteroatoms. The summed E-state index contributed by atoms with van der Waals surface area (Å²) in [7, 11) is 1.39. The van der Waals surface area contributed by atoms with Crippen LogP contribution in [0.3, 0.4) is 0 Å². The van der Waals surface area contributed by atoms with Gasteiger partial charge in [0.25, 0.3) is 5.91 Å². The van der Waals surface area contributed by atoms with Gasteiger partial charge in [0.1, 0.15) is 11.0 Å². The van der Waals surface area contributed by atoms with E-state index in [-0.39, 0.29) is 17.1 Å². The van der Waals surface area contributed by atoms with E-state index in [0.29, 0.717) is 25.4 Å². The molecule has 2 heterocycles. The molecule has 2 fully saturated rings. The summed E-state index contributed by atoms with van der Waals surface area (Å²) in [6, 6.07) is 7.36. The fourth-order valence-corrected chi connectivity index (χ4v) is 4.58. The van der Waals surface area contributed by atoms with Crippen LogP contribution in [0.15, 0.2) is 24.3 Å². The Bertz CT molecular complexity index is 649. The molecule has 2 aliphatic rings. The third-order valence-corrected chi connectivity index (χ3v) is 6.14. The van der Waals surface area contributed by atoms with Crippen LogP contribution in [0.1, 0.15) is 0 Å². The molecule has 0 aromatic heterocycles. The lowest BCUT2D eigenvalue weighted by Gasteiger charge is -2.35. The molecule has 0 spiro atoms. The number of nitrogens with zero attached hydrogens (tertiary/aromatic N) is 2. The smallest absolute Gasteiger partial charge is 0.320 e. The largest absolute Gasteiger partial charge is 0.506 e. The molecular formula is C18H26N3O4S+. The van der Waals surface area contributed by atoms with E-state index < -0.39 is 0 Å². The van der Waals surface area contributed by atoms with Crippen molar-refractivity contribution in [2.75, 3.05) is 63.6 Å². The maximum absolute atomic E-state index is 12.6. The number of hydrogen-bond donors (Lipinski definition) is 2. The van der Waals surface area contributed by atoms with Gasteiger partial charge in [-0.05, 0) is 12.1 Å². The van der Waals surface area contributed by atoms with E-state index >= 15 is 0 Å². The standard InChI is InChI=1S/C18H25N3O4S/c1-25-18(24)16-12-21(10-11-26-16)17(23)13-19-6-8-20(9-7-19)14-4-2-3-5-15(14)22/h2-5,16,22H,6-13H2,1H3/p+1/t16-/m0/s1. The second-order valence-corrected chi connectivity index (χ2v) is 7.94. The first-order chi connectivity index (χ1) is 12.6. The van der Waals surface area contributed by atoms with Crippen LogP contribution in [-0.2, 0) is 14.3 Å². The van der Waals surface area contributed by atoms with Gasteiger partial charge >= 0.3 is 5.97 Å². The van der Waals surface area contributed by atoms with Gasteiger partial charge in [-0.25, -0.2) is 0 Å². The van der Waals surface area contributed by atoms with Crippen molar-refractivity contribution in [2.24, 2.45) is 0 Å². The van der Waals surface area contributed by atoms with Crippen molar-refractivity contribution < 1.29 is 24.3 Å². The summed E-state index contributed by atoms with van der Waals surface area (Å²) >= 11 is 1.56. The zero-order valence-electron chi connectivity index (χ0n) is 15.0. The van der Waals surface area contributed by atoms with Gasteiger partial charge in [0.15, 0.2) is 6.54 Å². The molecule has 0 bridgehead atoms. The fraction of sp³-hybridized carbons (Fsp3) is 0.556. The number of thioether (sulfide) groups is 1. The predicted octanol–water partition coefficient (Wildman–Crippen LogP) is -0.786. The number of quaternary nitrogens is 1. The minimum Gasteiger partial charge on any atom is -0.506 e. The lowest BCUT2D eigenvalue weighted by molar-refractivity contribution is -0.892. The number of piperazine rings is 1. The fourth-order valence-electron chi connectivity index (χ4n) is 3.45. The van der Waals surface area contributed by atoms with Crippen LogP contribution >= 0.6 is 11.8 Å². The number of esters is 1. The number of methoxy groups -OCH3 is 1. The first-order valence-electron chi connectivity index (χ1n) is 8.92. The summed E-state index contributed by atoms with van der Waals surface area (Å²) < 4.78 is 4.80. The normalized spacial score (nSPS) is 21.5. The lowest BCUT2D eigenvalue weighted by Crippen LogP contribution is -3.16. The third kappa shape index (κ3) is 4.42. The quantitative estimate of drug-likeness (QED) is 0.668. The highest BCUT2D eigenvalue weighted by molar-refractivity contribution is 8.00. The summed E-state index contributed by atoms with van der Waals surface area (Å²) in [5.41, 5.74) is 0.854. The van der Waals surface area contributed by atoms with Gasteiger partial charge in [0.2, 0.25) is 0 Å². The van der Waals surface area contributed by atoms with Gasteiger partial charge in [-0.15, -0.1) is 11.8 Å². The van der Waals surface area contributed by atoms with Crippen molar-refractivity contribution in [1.29, 1.82) is 0 Å². The van der Waals surface area contributed by atoms with Gasteiger partial charge in [0.05, 0.1) is 39.0 Å². The van der Waals surface area contributed by atoms with Crippen LogP contribution in [-0.4, -0.2) is 85.8 Å². The van der Waals surface area contributed by atoms with Crippen LogP contribution in [0.4, 0.5) is 5.69 Å². The Morgan fingerprint density at radius 2 is 2.00 bits per heavy atom. The Hall–Kier alpha value is -1.93. The first kappa shape index (κ1) is 18.8. The highest BCUT2D eigenvalue weighted by Gasteiger charge is 2.32. The average Bonchev–Trinajstić information content (AvgIpc) is 2.68. The second kappa shape index (κ2) is 8.64. The monoisotopic (exact) mass is 380 g/mol. The maximum atomic E-state index is 12.6. The summed E-state index contributed by atoms with van der Waals surface area (Å²) in [5.74, 6) is 0.912. The van der Waals surface area contributed by atoms with Crippen LogP contribution in [0.5, 0.6) is 5.75 Å². The minimum atomic E-state index is -0.273. The van der Waals surface area contributed by atoms with Crippen molar-refractivity contribution in [1.82, 2.24) is 4.90 Å². The van der Waals surface area contributed by atoms with Crippen LogP contribution in [0.2, 0.25) is 0 Å². The molecule has 1 atom stereocenters. The number of amides is 1. The van der Waals surface area contributed by atoms with Gasteiger partial charge in [-0.2, -0.15) is 0 Å². The number of phenols is 1. The highest BCUT2D eigenvalue weighted by Crippen LogP contribution is 2.26. The number of benzene rings is 1. The Morgan fingerprint density at radius 1 is 1.27 bits per heavy atom. The molecule has 3 rings (SSSR count). The molecule has 1 aromatic carbocycles. The number of ether oxygens (including phenoxy) is 1. The summed E-state index contributed by atoms with van der Waals surface area (Å²) in [4.78, 5) is 29.5. The number of aromatic hydroxyl groups is 1. The molecule has 2 aliphatic heterocycles. The van der Waals surface area contributed by atoms with Gasteiger partial charge in [0, 0.05) is 18.8 Å². The molecule has 1 amide bonds. The predicted molar refractivity (Wildman–Crippen MR) is 101 cm³/mol. The highest BCUT2D eigenvalue weighted by atomic mass is 32.2. The molecule has 1 aromatic rings. The molecule has 0 saturated carbocycles. The maximum Gasteiger partial charge on any atom is 0.320 e. The molecule has 0 unspecified atom stereocenters. The molecule has 0 aliphatic carbocycles. The van der Waals surface area contributed by atoms with Gasteiger partial charge < -0.3 is 24.5 Å². The zero-order chi connectivity index (χ0) is 18.5.